The van der Waals surface area contributed by atoms with Gasteiger partial charge >= 0.3 is 12.2 Å². The second kappa shape index (κ2) is 10.2. The van der Waals surface area contributed by atoms with Crippen molar-refractivity contribution < 1.29 is 27.5 Å². The van der Waals surface area contributed by atoms with Crippen molar-refractivity contribution in [2.75, 3.05) is 17.7 Å². The van der Waals surface area contributed by atoms with Crippen LogP contribution in [0.15, 0.2) is 79.5 Å². The number of imidazole rings is 1. The van der Waals surface area contributed by atoms with Gasteiger partial charge in [-0.2, -0.15) is 13.2 Å². The molecule has 0 aliphatic heterocycles. The molecule has 4 rings (SSSR count). The third-order valence-corrected chi connectivity index (χ3v) is 4.89. The average Bonchev–Trinajstić information content (AvgIpc) is 3.39. The Morgan fingerprint density at radius 2 is 1.75 bits per heavy atom. The van der Waals surface area contributed by atoms with Crippen molar-refractivity contribution in [3.8, 4) is 17.2 Å². The number of aromatic nitrogens is 3. The predicted molar refractivity (Wildman–Crippen MR) is 125 cm³/mol. The molecule has 184 valence electrons. The van der Waals surface area contributed by atoms with Crippen molar-refractivity contribution in [2.24, 2.45) is 0 Å². The maximum atomic E-state index is 13.6. The summed E-state index contributed by atoms with van der Waals surface area (Å²) < 4.78 is 47.6. The van der Waals surface area contributed by atoms with Gasteiger partial charge in [0.1, 0.15) is 17.2 Å². The van der Waals surface area contributed by atoms with Crippen LogP contribution < -0.4 is 20.7 Å². The van der Waals surface area contributed by atoms with Crippen LogP contribution in [0.3, 0.4) is 0 Å². The number of nitrogens with zero attached hydrogens (tertiary/aromatic N) is 3. The van der Waals surface area contributed by atoms with Crippen molar-refractivity contribution in [3.63, 3.8) is 0 Å². The topological polar surface area (TPSA) is 110 Å². The van der Waals surface area contributed by atoms with Gasteiger partial charge in [-0.25, -0.2) is 9.78 Å². The van der Waals surface area contributed by atoms with Crippen LogP contribution in [-0.2, 0) is 6.18 Å². The third kappa shape index (κ3) is 5.60. The quantitative estimate of drug-likeness (QED) is 0.345. The van der Waals surface area contributed by atoms with E-state index in [9.17, 15) is 22.8 Å². The van der Waals surface area contributed by atoms with Gasteiger partial charge in [0, 0.05) is 37.4 Å². The molecule has 3 N–H and O–H groups in total. The smallest absolute Gasteiger partial charge is 0.418 e. The van der Waals surface area contributed by atoms with Gasteiger partial charge in [-0.3, -0.25) is 9.78 Å². The predicted octanol–water partition coefficient (Wildman–Crippen LogP) is 5.08. The second-order valence-electron chi connectivity index (χ2n) is 7.33. The van der Waals surface area contributed by atoms with E-state index in [0.29, 0.717) is 17.2 Å². The molecule has 0 saturated carbocycles. The molecule has 0 atom stereocenters. The first-order valence-electron chi connectivity index (χ1n) is 10.5. The van der Waals surface area contributed by atoms with E-state index in [1.165, 1.54) is 54.7 Å². The maximum Gasteiger partial charge on any atom is 0.418 e. The van der Waals surface area contributed by atoms with E-state index in [4.69, 9.17) is 4.74 Å². The van der Waals surface area contributed by atoms with Gasteiger partial charge in [-0.15, -0.1) is 0 Å². The molecule has 3 amide bonds. The third-order valence-electron chi connectivity index (χ3n) is 4.89. The molecule has 0 radical (unpaired) electrons. The molecule has 2 aromatic carbocycles. The number of benzene rings is 2. The fourth-order valence-corrected chi connectivity index (χ4v) is 3.30. The number of amides is 3. The van der Waals surface area contributed by atoms with Crippen LogP contribution in [0, 0.1) is 0 Å². The number of ether oxygens (including phenoxy) is 1. The number of carbonyl (C=O) groups excluding carboxylic acids is 2. The number of carbonyl (C=O) groups is 2. The Balaban J connectivity index is 1.47. The highest BCUT2D eigenvalue weighted by molar-refractivity contribution is 6.01. The Hall–Kier alpha value is -4.87. The van der Waals surface area contributed by atoms with Gasteiger partial charge in [0.2, 0.25) is 0 Å². The van der Waals surface area contributed by atoms with E-state index in [0.717, 1.165) is 6.07 Å². The zero-order valence-electron chi connectivity index (χ0n) is 18.7. The Labute approximate surface area is 203 Å². The second-order valence-corrected chi connectivity index (χ2v) is 7.33. The summed E-state index contributed by atoms with van der Waals surface area (Å²) in [7, 11) is 1.49. The normalized spacial score (nSPS) is 11.0. The number of rotatable bonds is 6. The van der Waals surface area contributed by atoms with Crippen molar-refractivity contribution in [3.05, 3.63) is 90.8 Å². The Morgan fingerprint density at radius 1 is 0.972 bits per heavy atom. The summed E-state index contributed by atoms with van der Waals surface area (Å²) >= 11 is 0. The highest BCUT2D eigenvalue weighted by Gasteiger charge is 2.35. The lowest BCUT2D eigenvalue weighted by Crippen LogP contribution is -2.21. The highest BCUT2D eigenvalue weighted by atomic mass is 19.4. The molecule has 2 aromatic heterocycles. The summed E-state index contributed by atoms with van der Waals surface area (Å²) in [5, 5.41) is 7.50. The molecule has 0 fully saturated rings. The minimum atomic E-state index is -4.64. The van der Waals surface area contributed by atoms with Gasteiger partial charge in [0.25, 0.3) is 5.91 Å². The van der Waals surface area contributed by atoms with Crippen molar-refractivity contribution in [1.82, 2.24) is 19.9 Å². The lowest BCUT2D eigenvalue weighted by atomic mass is 10.1. The summed E-state index contributed by atoms with van der Waals surface area (Å²) in [6.45, 7) is 0. The number of hydrogen-bond donors (Lipinski definition) is 3. The van der Waals surface area contributed by atoms with Crippen molar-refractivity contribution >= 4 is 23.3 Å². The van der Waals surface area contributed by atoms with Gasteiger partial charge < -0.3 is 25.3 Å². The summed E-state index contributed by atoms with van der Waals surface area (Å²) in [4.78, 5) is 32.0. The van der Waals surface area contributed by atoms with E-state index in [1.807, 2.05) is 0 Å². The van der Waals surface area contributed by atoms with Crippen LogP contribution in [0.2, 0.25) is 0 Å². The largest absolute Gasteiger partial charge is 0.457 e. The lowest BCUT2D eigenvalue weighted by Gasteiger charge is -2.18. The molecule has 4 aromatic rings. The highest BCUT2D eigenvalue weighted by Crippen LogP contribution is 2.37. The van der Waals surface area contributed by atoms with E-state index in [2.05, 4.69) is 25.9 Å². The van der Waals surface area contributed by atoms with Crippen LogP contribution in [0.5, 0.6) is 11.5 Å². The van der Waals surface area contributed by atoms with Gasteiger partial charge in [-0.1, -0.05) is 6.07 Å². The zero-order valence-corrected chi connectivity index (χ0v) is 18.7. The summed E-state index contributed by atoms with van der Waals surface area (Å²) in [6.07, 6.45) is 0.705. The van der Waals surface area contributed by atoms with Gasteiger partial charge in [-0.05, 0) is 42.5 Å². The standard InChI is InChI=1S/C24H19F3N6O3/c1-28-22(34)20-13-17(9-10-30-20)36-16-7-5-15(6-8-16)31-23(35)32-19-4-2-3-18(24(25,26)27)21(19)33-12-11-29-14-33/h2-14H,1H3,(H,28,34)(H2,31,32,35). The minimum Gasteiger partial charge on any atom is -0.457 e. The number of halogens is 3. The van der Waals surface area contributed by atoms with Crippen LogP contribution in [0.25, 0.3) is 5.69 Å². The van der Waals surface area contributed by atoms with E-state index >= 15 is 0 Å². The molecular formula is C24H19F3N6O3. The molecule has 0 bridgehead atoms. The molecule has 2 heterocycles. The van der Waals surface area contributed by atoms with E-state index < -0.39 is 17.8 Å². The number of alkyl halides is 3. The average molecular weight is 496 g/mol. The first kappa shape index (κ1) is 24.3. The number of urea groups is 1. The first-order chi connectivity index (χ1) is 17.2. The molecular weight excluding hydrogens is 477 g/mol. The number of para-hydroxylation sites is 1. The summed E-state index contributed by atoms with van der Waals surface area (Å²) in [6, 6.07) is 12.1. The molecule has 0 unspecified atom stereocenters. The summed E-state index contributed by atoms with van der Waals surface area (Å²) in [5.41, 5.74) is -0.665. The number of pyridine rings is 1. The Bertz CT molecular complexity index is 1370. The molecule has 0 spiro atoms. The first-order valence-corrected chi connectivity index (χ1v) is 10.5. The Kier molecular flexibility index (Phi) is 6.86. The maximum absolute atomic E-state index is 13.6. The van der Waals surface area contributed by atoms with Crippen LogP contribution in [0.4, 0.5) is 29.3 Å². The summed E-state index contributed by atoms with van der Waals surface area (Å²) in [5.74, 6) is 0.455. The van der Waals surface area contributed by atoms with Crippen LogP contribution in [0.1, 0.15) is 16.1 Å². The molecule has 0 aliphatic carbocycles. The van der Waals surface area contributed by atoms with Gasteiger partial charge in [0.15, 0.2) is 0 Å². The van der Waals surface area contributed by atoms with Crippen LogP contribution in [-0.4, -0.2) is 33.5 Å². The molecule has 36 heavy (non-hydrogen) atoms. The van der Waals surface area contributed by atoms with E-state index in [1.54, 1.807) is 30.3 Å². The fourth-order valence-electron chi connectivity index (χ4n) is 3.30. The van der Waals surface area contributed by atoms with Crippen LogP contribution >= 0.6 is 0 Å². The number of hydrogen-bond acceptors (Lipinski definition) is 5. The molecule has 0 aliphatic rings. The molecule has 12 heteroatoms. The molecule has 9 nitrogen and oxygen atoms in total. The monoisotopic (exact) mass is 496 g/mol. The fraction of sp³-hybridized carbons (Fsp3) is 0.0833. The van der Waals surface area contributed by atoms with Crippen molar-refractivity contribution in [2.45, 2.75) is 6.18 Å². The van der Waals surface area contributed by atoms with E-state index in [-0.39, 0.29) is 23.0 Å². The SMILES string of the molecule is CNC(=O)c1cc(Oc2ccc(NC(=O)Nc3cccc(C(F)(F)F)c3-n3ccnc3)cc2)ccn1. The Morgan fingerprint density at radius 3 is 2.42 bits per heavy atom. The zero-order chi connectivity index (χ0) is 25.7. The van der Waals surface area contributed by atoms with Crippen molar-refractivity contribution in [1.29, 1.82) is 0 Å². The van der Waals surface area contributed by atoms with Gasteiger partial charge in [0.05, 0.1) is 23.3 Å². The minimum absolute atomic E-state index is 0.0510. The lowest BCUT2D eigenvalue weighted by molar-refractivity contribution is -0.137. The number of anilines is 2. The molecule has 0 saturated heterocycles. The number of nitrogens with one attached hydrogen (secondary N) is 3.